The number of carbonyl (C=O) groups is 1. The van der Waals surface area contributed by atoms with Crippen LogP contribution in [0, 0.1) is 6.92 Å². The fourth-order valence-corrected chi connectivity index (χ4v) is 3.36. The van der Waals surface area contributed by atoms with Crippen LogP contribution in [0.15, 0.2) is 59.5 Å². The van der Waals surface area contributed by atoms with Gasteiger partial charge in [-0.15, -0.1) is 0 Å². The van der Waals surface area contributed by atoms with Gasteiger partial charge in [0, 0.05) is 0 Å². The van der Waals surface area contributed by atoms with Gasteiger partial charge in [0.15, 0.2) is 0 Å². The molecule has 116 valence electrons. The Hall–Kier alpha value is -2.18. The van der Waals surface area contributed by atoms with Crippen LogP contribution >= 0.6 is 0 Å². The van der Waals surface area contributed by atoms with Gasteiger partial charge in [0.05, 0.1) is 4.90 Å². The van der Waals surface area contributed by atoms with Gasteiger partial charge in [-0.25, -0.2) is 8.42 Å². The summed E-state index contributed by atoms with van der Waals surface area (Å²) < 4.78 is 26.9. The second-order valence-electron chi connectivity index (χ2n) is 5.02. The smallest absolute Gasteiger partial charge is 0.322 e. The van der Waals surface area contributed by atoms with Crippen molar-refractivity contribution in [2.75, 3.05) is 0 Å². The highest BCUT2D eigenvalue weighted by molar-refractivity contribution is 7.89. The lowest BCUT2D eigenvalue weighted by molar-refractivity contribution is -0.138. The number of hydrogen-bond acceptors (Lipinski definition) is 3. The second-order valence-corrected chi connectivity index (χ2v) is 6.73. The molecule has 0 aliphatic rings. The summed E-state index contributed by atoms with van der Waals surface area (Å²) in [5, 5.41) is 9.27. The summed E-state index contributed by atoms with van der Waals surface area (Å²) in [7, 11) is -3.88. The molecular formula is C16H17NO4S. The van der Waals surface area contributed by atoms with Crippen LogP contribution in [0.4, 0.5) is 0 Å². The summed E-state index contributed by atoms with van der Waals surface area (Å²) in [5.41, 5.74) is 1.54. The third-order valence-corrected chi connectivity index (χ3v) is 4.65. The molecule has 0 saturated carbocycles. The number of benzene rings is 2. The van der Waals surface area contributed by atoms with E-state index in [1.54, 1.807) is 43.3 Å². The van der Waals surface area contributed by atoms with E-state index in [9.17, 15) is 18.3 Å². The normalized spacial score (nSPS) is 12.8. The maximum absolute atomic E-state index is 12.3. The van der Waals surface area contributed by atoms with Crippen molar-refractivity contribution >= 4 is 16.0 Å². The van der Waals surface area contributed by atoms with Crippen LogP contribution in [0.2, 0.25) is 0 Å². The van der Waals surface area contributed by atoms with Gasteiger partial charge in [-0.3, -0.25) is 4.79 Å². The van der Waals surface area contributed by atoms with E-state index < -0.39 is 22.0 Å². The van der Waals surface area contributed by atoms with E-state index in [0.717, 1.165) is 11.1 Å². The van der Waals surface area contributed by atoms with Crippen LogP contribution in [0.3, 0.4) is 0 Å². The molecule has 2 aromatic carbocycles. The molecular weight excluding hydrogens is 302 g/mol. The van der Waals surface area contributed by atoms with Gasteiger partial charge in [-0.1, -0.05) is 42.5 Å². The number of aliphatic carboxylic acids is 1. The summed E-state index contributed by atoms with van der Waals surface area (Å²) in [6.45, 7) is 1.78. The zero-order chi connectivity index (χ0) is 16.2. The van der Waals surface area contributed by atoms with Crippen molar-refractivity contribution in [1.29, 1.82) is 0 Å². The minimum absolute atomic E-state index is 0.0619. The molecule has 0 unspecified atom stereocenters. The summed E-state index contributed by atoms with van der Waals surface area (Å²) in [6.07, 6.45) is 0.0845. The largest absolute Gasteiger partial charge is 0.480 e. The van der Waals surface area contributed by atoms with Crippen LogP contribution in [0.5, 0.6) is 0 Å². The molecule has 0 radical (unpaired) electrons. The van der Waals surface area contributed by atoms with E-state index >= 15 is 0 Å². The standard InChI is InChI=1S/C16H17NO4S/c1-12-6-5-9-14(10-12)22(20,21)17-15(16(18)19)11-13-7-3-2-4-8-13/h2-10,15,17H,11H2,1H3,(H,18,19)/t15-/m0/s1. The third kappa shape index (κ3) is 4.16. The highest BCUT2D eigenvalue weighted by Crippen LogP contribution is 2.13. The monoisotopic (exact) mass is 319 g/mol. The third-order valence-electron chi connectivity index (χ3n) is 3.18. The Labute approximate surface area is 129 Å². The molecule has 2 rings (SSSR count). The van der Waals surface area contributed by atoms with E-state index in [1.807, 2.05) is 6.07 Å². The minimum atomic E-state index is -3.88. The number of hydrogen-bond donors (Lipinski definition) is 2. The molecule has 2 aromatic rings. The quantitative estimate of drug-likeness (QED) is 0.852. The lowest BCUT2D eigenvalue weighted by atomic mass is 10.1. The van der Waals surface area contributed by atoms with E-state index in [4.69, 9.17) is 0 Å². The van der Waals surface area contributed by atoms with Gasteiger partial charge in [0.1, 0.15) is 6.04 Å². The highest BCUT2D eigenvalue weighted by Gasteiger charge is 2.25. The summed E-state index contributed by atoms with van der Waals surface area (Å²) in [4.78, 5) is 11.4. The first-order chi connectivity index (χ1) is 10.4. The Morgan fingerprint density at radius 3 is 2.41 bits per heavy atom. The molecule has 0 bridgehead atoms. The van der Waals surface area contributed by atoms with E-state index in [-0.39, 0.29) is 11.3 Å². The van der Waals surface area contributed by atoms with Crippen molar-refractivity contribution in [3.63, 3.8) is 0 Å². The maximum Gasteiger partial charge on any atom is 0.322 e. The van der Waals surface area contributed by atoms with Crippen molar-refractivity contribution in [1.82, 2.24) is 4.72 Å². The first-order valence-electron chi connectivity index (χ1n) is 6.74. The van der Waals surface area contributed by atoms with Gasteiger partial charge < -0.3 is 5.11 Å². The number of carboxylic acids is 1. The zero-order valence-corrected chi connectivity index (χ0v) is 12.9. The molecule has 2 N–H and O–H groups in total. The number of aryl methyl sites for hydroxylation is 1. The van der Waals surface area contributed by atoms with Crippen molar-refractivity contribution in [2.45, 2.75) is 24.3 Å². The van der Waals surface area contributed by atoms with Crippen molar-refractivity contribution in [2.24, 2.45) is 0 Å². The van der Waals surface area contributed by atoms with Crippen LogP contribution in [-0.2, 0) is 21.2 Å². The maximum atomic E-state index is 12.3. The molecule has 1 atom stereocenters. The van der Waals surface area contributed by atoms with E-state index in [0.29, 0.717) is 0 Å². The van der Waals surface area contributed by atoms with Crippen LogP contribution < -0.4 is 4.72 Å². The predicted molar refractivity (Wildman–Crippen MR) is 83.1 cm³/mol. The van der Waals surface area contributed by atoms with Crippen LogP contribution in [-0.4, -0.2) is 25.5 Å². The van der Waals surface area contributed by atoms with Gasteiger partial charge >= 0.3 is 5.97 Å². The Bertz CT molecular complexity index is 757. The average molecular weight is 319 g/mol. The lowest BCUT2D eigenvalue weighted by Gasteiger charge is -2.15. The lowest BCUT2D eigenvalue weighted by Crippen LogP contribution is -2.42. The molecule has 0 aliphatic heterocycles. The van der Waals surface area contributed by atoms with Gasteiger partial charge in [0.2, 0.25) is 10.0 Å². The molecule has 6 heteroatoms. The van der Waals surface area contributed by atoms with Crippen molar-refractivity contribution < 1.29 is 18.3 Å². The number of nitrogens with one attached hydrogen (secondary N) is 1. The fourth-order valence-electron chi connectivity index (χ4n) is 2.07. The molecule has 0 spiro atoms. The topological polar surface area (TPSA) is 83.5 Å². The highest BCUT2D eigenvalue weighted by atomic mass is 32.2. The Morgan fingerprint density at radius 1 is 1.14 bits per heavy atom. The summed E-state index contributed by atoms with van der Waals surface area (Å²) >= 11 is 0. The van der Waals surface area contributed by atoms with Crippen LogP contribution in [0.1, 0.15) is 11.1 Å². The van der Waals surface area contributed by atoms with Gasteiger partial charge in [-0.2, -0.15) is 4.72 Å². The van der Waals surface area contributed by atoms with E-state index in [1.165, 1.54) is 12.1 Å². The number of carboxylic acid groups (broad SMARTS) is 1. The van der Waals surface area contributed by atoms with Gasteiger partial charge in [0.25, 0.3) is 0 Å². The second kappa shape index (κ2) is 6.72. The predicted octanol–water partition coefficient (Wildman–Crippen LogP) is 1.97. The van der Waals surface area contributed by atoms with Crippen molar-refractivity contribution in [3.05, 3.63) is 65.7 Å². The van der Waals surface area contributed by atoms with Gasteiger partial charge in [-0.05, 0) is 36.6 Å². The van der Waals surface area contributed by atoms with E-state index in [2.05, 4.69) is 4.72 Å². The molecule has 0 aliphatic carbocycles. The number of sulfonamides is 1. The SMILES string of the molecule is Cc1cccc(S(=O)(=O)N[C@@H](Cc2ccccc2)C(=O)O)c1. The molecule has 22 heavy (non-hydrogen) atoms. The van der Waals surface area contributed by atoms with Crippen LogP contribution in [0.25, 0.3) is 0 Å². The summed E-state index contributed by atoms with van der Waals surface area (Å²) in [5.74, 6) is -1.21. The number of rotatable bonds is 6. The first-order valence-corrected chi connectivity index (χ1v) is 8.22. The molecule has 0 heterocycles. The zero-order valence-electron chi connectivity index (χ0n) is 12.1. The Morgan fingerprint density at radius 2 is 1.82 bits per heavy atom. The van der Waals surface area contributed by atoms with Crippen molar-refractivity contribution in [3.8, 4) is 0 Å². The molecule has 0 aromatic heterocycles. The molecule has 0 fully saturated rings. The molecule has 0 amide bonds. The fraction of sp³-hybridized carbons (Fsp3) is 0.188. The average Bonchev–Trinajstić information content (AvgIpc) is 2.47. The molecule has 0 saturated heterocycles. The Kier molecular flexibility index (Phi) is 4.95. The molecule has 5 nitrogen and oxygen atoms in total. The first kappa shape index (κ1) is 16.2. The summed E-state index contributed by atoms with van der Waals surface area (Å²) in [6, 6.07) is 14.0. The minimum Gasteiger partial charge on any atom is -0.480 e. The Balaban J connectivity index is 2.22.